The van der Waals surface area contributed by atoms with Crippen LogP contribution in [0.25, 0.3) is 6.08 Å². The third-order valence-corrected chi connectivity index (χ3v) is 6.73. The van der Waals surface area contributed by atoms with Crippen molar-refractivity contribution in [3.05, 3.63) is 64.9 Å². The number of esters is 1. The fourth-order valence-corrected chi connectivity index (χ4v) is 4.64. The van der Waals surface area contributed by atoms with Gasteiger partial charge in [-0.15, -0.1) is 0 Å². The zero-order chi connectivity index (χ0) is 27.1. The molecule has 9 heteroatoms. The Morgan fingerprint density at radius 3 is 2.32 bits per heavy atom. The van der Waals surface area contributed by atoms with Gasteiger partial charge in [0.25, 0.3) is 0 Å². The largest absolute Gasteiger partial charge is 0.491 e. The number of ether oxygens (including phenoxy) is 4. The van der Waals surface area contributed by atoms with Gasteiger partial charge < -0.3 is 23.1 Å². The van der Waals surface area contributed by atoms with Crippen LogP contribution in [-0.2, 0) is 42.0 Å². The smallest absolute Gasteiger partial charge is 0.373 e. The van der Waals surface area contributed by atoms with Gasteiger partial charge in [-0.05, 0) is 73.6 Å². The molecule has 2 rings (SSSR count). The van der Waals surface area contributed by atoms with Crippen molar-refractivity contribution in [2.45, 2.75) is 46.0 Å². The van der Waals surface area contributed by atoms with E-state index in [1.165, 1.54) is 14.2 Å². The van der Waals surface area contributed by atoms with Gasteiger partial charge in [0, 0.05) is 6.61 Å². The second-order valence-electron chi connectivity index (χ2n) is 8.31. The molecule has 0 fully saturated rings. The molecule has 0 unspecified atom stereocenters. The lowest BCUT2D eigenvalue weighted by Gasteiger charge is -2.13. The van der Waals surface area contributed by atoms with Crippen LogP contribution in [0.1, 0.15) is 49.8 Å². The van der Waals surface area contributed by atoms with E-state index in [1.54, 1.807) is 18.2 Å². The third-order valence-electron chi connectivity index (χ3n) is 5.49. The van der Waals surface area contributed by atoms with Crippen LogP contribution in [0.5, 0.6) is 11.5 Å². The minimum Gasteiger partial charge on any atom is -0.491 e. The Labute approximate surface area is 220 Å². The van der Waals surface area contributed by atoms with Crippen LogP contribution in [0, 0.1) is 0 Å². The van der Waals surface area contributed by atoms with Gasteiger partial charge in [0.1, 0.15) is 18.1 Å². The zero-order valence-electron chi connectivity index (χ0n) is 22.2. The summed E-state index contributed by atoms with van der Waals surface area (Å²) in [6.07, 6.45) is 5.41. The monoisotopic (exact) mass is 534 g/mol. The summed E-state index contributed by atoms with van der Waals surface area (Å²) in [4.78, 5) is 11.8. The van der Waals surface area contributed by atoms with Crippen LogP contribution in [0.15, 0.2) is 48.2 Å². The van der Waals surface area contributed by atoms with E-state index in [0.717, 1.165) is 48.1 Å². The summed E-state index contributed by atoms with van der Waals surface area (Å²) in [5.74, 6) is 0.608. The highest BCUT2D eigenvalue weighted by molar-refractivity contribution is 7.87. The summed E-state index contributed by atoms with van der Waals surface area (Å²) < 4.78 is 50.4. The van der Waals surface area contributed by atoms with E-state index in [-0.39, 0.29) is 11.5 Å². The van der Waals surface area contributed by atoms with Crippen molar-refractivity contribution >= 4 is 22.2 Å². The van der Waals surface area contributed by atoms with Gasteiger partial charge in [-0.25, -0.2) is 4.79 Å². The molecule has 0 heterocycles. The molecule has 2 aromatic rings. The standard InChI is InChI=1S/C28H38O8S/c1-5-7-19-37(30,31)36-25-15-12-22(13-16-25)9-8-10-24-14-11-23(21-27(32-3)28(29)33-4)20-26(24)35-18-17-34-6-2/h11-16,20-21H,5-10,17-19H2,1-4H3/b27-21-. The molecule has 0 atom stereocenters. The molecule has 0 aliphatic heterocycles. The predicted octanol–water partition coefficient (Wildman–Crippen LogP) is 4.95. The van der Waals surface area contributed by atoms with Crippen molar-refractivity contribution in [1.29, 1.82) is 0 Å². The zero-order valence-corrected chi connectivity index (χ0v) is 23.0. The first-order valence-electron chi connectivity index (χ1n) is 12.5. The van der Waals surface area contributed by atoms with E-state index < -0.39 is 16.1 Å². The molecular formula is C28H38O8S. The fourth-order valence-electron chi connectivity index (χ4n) is 3.51. The molecule has 0 saturated heterocycles. The number of hydrogen-bond acceptors (Lipinski definition) is 8. The average Bonchev–Trinajstić information content (AvgIpc) is 2.90. The van der Waals surface area contributed by atoms with Gasteiger partial charge in [0.2, 0.25) is 5.76 Å². The molecule has 0 radical (unpaired) electrons. The lowest BCUT2D eigenvalue weighted by atomic mass is 10.0. The van der Waals surface area contributed by atoms with Crippen LogP contribution in [0.3, 0.4) is 0 Å². The van der Waals surface area contributed by atoms with Gasteiger partial charge in [0.15, 0.2) is 0 Å². The second kappa shape index (κ2) is 15.9. The average molecular weight is 535 g/mol. The first-order valence-corrected chi connectivity index (χ1v) is 14.1. The van der Waals surface area contributed by atoms with Crippen molar-refractivity contribution in [3.8, 4) is 11.5 Å². The fraction of sp³-hybridized carbons (Fsp3) is 0.464. The Kier molecular flexibility index (Phi) is 13.0. The summed E-state index contributed by atoms with van der Waals surface area (Å²) in [5.41, 5.74) is 2.87. The number of methoxy groups -OCH3 is 2. The SMILES string of the molecule is CCCCS(=O)(=O)Oc1ccc(CCCc2ccc(/C=C(\OC)C(=O)OC)cc2OCCOCC)cc1. The number of carbonyl (C=O) groups excluding carboxylic acids is 1. The van der Waals surface area contributed by atoms with Crippen LogP contribution in [-0.4, -0.2) is 54.2 Å². The van der Waals surface area contributed by atoms with E-state index in [0.29, 0.717) is 32.0 Å². The van der Waals surface area contributed by atoms with Gasteiger partial charge in [-0.2, -0.15) is 8.42 Å². The molecular weight excluding hydrogens is 496 g/mol. The van der Waals surface area contributed by atoms with Crippen molar-refractivity contribution in [3.63, 3.8) is 0 Å². The maximum atomic E-state index is 12.0. The molecule has 0 bridgehead atoms. The number of carbonyl (C=O) groups is 1. The Morgan fingerprint density at radius 2 is 1.68 bits per heavy atom. The van der Waals surface area contributed by atoms with E-state index in [1.807, 2.05) is 44.2 Å². The highest BCUT2D eigenvalue weighted by Gasteiger charge is 2.13. The van der Waals surface area contributed by atoms with Gasteiger partial charge in [0.05, 0.1) is 26.6 Å². The van der Waals surface area contributed by atoms with Gasteiger partial charge >= 0.3 is 16.1 Å². The quantitative estimate of drug-likeness (QED) is 0.0925. The van der Waals surface area contributed by atoms with Crippen LogP contribution in [0.4, 0.5) is 0 Å². The Morgan fingerprint density at radius 1 is 0.919 bits per heavy atom. The topological polar surface area (TPSA) is 97.4 Å². The van der Waals surface area contributed by atoms with E-state index in [9.17, 15) is 13.2 Å². The highest BCUT2D eigenvalue weighted by Crippen LogP contribution is 2.25. The molecule has 0 N–H and O–H groups in total. The molecule has 8 nitrogen and oxygen atoms in total. The molecule has 0 spiro atoms. The first-order chi connectivity index (χ1) is 17.8. The van der Waals surface area contributed by atoms with Gasteiger partial charge in [-0.1, -0.05) is 37.6 Å². The highest BCUT2D eigenvalue weighted by atomic mass is 32.2. The minimum atomic E-state index is -3.56. The number of benzene rings is 2. The first kappa shape index (κ1) is 30.2. The van der Waals surface area contributed by atoms with E-state index in [2.05, 4.69) is 0 Å². The van der Waals surface area contributed by atoms with Crippen molar-refractivity contribution in [2.24, 2.45) is 0 Å². The number of unbranched alkanes of at least 4 members (excludes halogenated alkanes) is 1. The van der Waals surface area contributed by atoms with E-state index in [4.69, 9.17) is 23.1 Å². The summed E-state index contributed by atoms with van der Waals surface area (Å²) in [5, 5.41) is 0. The molecule has 0 aliphatic carbocycles. The van der Waals surface area contributed by atoms with Crippen LogP contribution < -0.4 is 8.92 Å². The van der Waals surface area contributed by atoms with Crippen molar-refractivity contribution in [2.75, 3.05) is 39.8 Å². The predicted molar refractivity (Wildman–Crippen MR) is 143 cm³/mol. The molecule has 37 heavy (non-hydrogen) atoms. The molecule has 0 aliphatic rings. The minimum absolute atomic E-state index is 0.0181. The van der Waals surface area contributed by atoms with Crippen molar-refractivity contribution < 1.29 is 36.3 Å². The van der Waals surface area contributed by atoms with E-state index >= 15 is 0 Å². The molecule has 2 aromatic carbocycles. The Hall–Kier alpha value is -3.04. The molecule has 0 saturated carbocycles. The number of rotatable bonds is 17. The lowest BCUT2D eigenvalue weighted by molar-refractivity contribution is -0.139. The summed E-state index contributed by atoms with van der Waals surface area (Å²) in [6.45, 7) is 5.37. The van der Waals surface area contributed by atoms with Crippen LogP contribution >= 0.6 is 0 Å². The molecule has 0 amide bonds. The number of aryl methyl sites for hydroxylation is 2. The van der Waals surface area contributed by atoms with Gasteiger partial charge in [-0.3, -0.25) is 0 Å². The Balaban J connectivity index is 2.05. The second-order valence-corrected chi connectivity index (χ2v) is 10.0. The number of hydrogen-bond donors (Lipinski definition) is 0. The lowest BCUT2D eigenvalue weighted by Crippen LogP contribution is -2.13. The third kappa shape index (κ3) is 10.9. The summed E-state index contributed by atoms with van der Waals surface area (Å²) in [6, 6.07) is 12.9. The van der Waals surface area contributed by atoms with Crippen LogP contribution in [0.2, 0.25) is 0 Å². The molecule has 204 valence electrons. The molecule has 0 aromatic heterocycles. The Bertz CT molecular complexity index is 1110. The normalized spacial score (nSPS) is 11.7. The summed E-state index contributed by atoms with van der Waals surface area (Å²) in [7, 11) is -0.839. The maximum absolute atomic E-state index is 12.0. The van der Waals surface area contributed by atoms with Crippen molar-refractivity contribution in [1.82, 2.24) is 0 Å². The maximum Gasteiger partial charge on any atom is 0.373 e. The summed E-state index contributed by atoms with van der Waals surface area (Å²) >= 11 is 0.